The maximum atomic E-state index is 12.5. The van der Waals surface area contributed by atoms with Gasteiger partial charge in [0.2, 0.25) is 0 Å². The van der Waals surface area contributed by atoms with Gasteiger partial charge in [0, 0.05) is 28.5 Å². The Morgan fingerprint density at radius 2 is 1.59 bits per heavy atom. The topological polar surface area (TPSA) is 42.9 Å². The fourth-order valence-corrected chi connectivity index (χ4v) is 3.11. The van der Waals surface area contributed by atoms with E-state index in [9.17, 15) is 4.79 Å². The summed E-state index contributed by atoms with van der Waals surface area (Å²) in [5, 5.41) is 0.691. The minimum atomic E-state index is -0.0556. The van der Waals surface area contributed by atoms with Crippen molar-refractivity contribution in [2.75, 3.05) is 0 Å². The number of aromatic nitrogens is 2. The van der Waals surface area contributed by atoms with Crippen molar-refractivity contribution in [2.24, 2.45) is 0 Å². The molecule has 4 heteroatoms. The van der Waals surface area contributed by atoms with Gasteiger partial charge in [-0.15, -0.1) is 0 Å². The van der Waals surface area contributed by atoms with Gasteiger partial charge < -0.3 is 0 Å². The molecule has 0 aliphatic rings. The lowest BCUT2D eigenvalue weighted by atomic mass is 10.0. The first-order chi connectivity index (χ1) is 13.2. The van der Waals surface area contributed by atoms with Crippen LogP contribution in [0.2, 0.25) is 5.02 Å². The third-order valence-electron chi connectivity index (χ3n) is 4.27. The lowest BCUT2D eigenvalue weighted by Gasteiger charge is -2.05. The molecule has 0 radical (unpaired) electrons. The molecule has 0 spiro atoms. The first-order valence-electron chi connectivity index (χ1n) is 8.49. The van der Waals surface area contributed by atoms with Crippen molar-refractivity contribution in [3.8, 4) is 11.1 Å². The Kier molecular flexibility index (Phi) is 4.77. The third kappa shape index (κ3) is 3.78. The molecule has 0 amide bonds. The molecular formula is C23H15ClN2O. The van der Waals surface area contributed by atoms with Crippen molar-refractivity contribution in [2.45, 2.75) is 0 Å². The van der Waals surface area contributed by atoms with E-state index in [1.54, 1.807) is 24.5 Å². The van der Waals surface area contributed by atoms with Crippen LogP contribution in [0.4, 0.5) is 0 Å². The summed E-state index contributed by atoms with van der Waals surface area (Å²) >= 11 is 6.23. The number of rotatable bonds is 4. The summed E-state index contributed by atoms with van der Waals surface area (Å²) in [6, 6.07) is 20.8. The maximum absolute atomic E-state index is 12.5. The van der Waals surface area contributed by atoms with Crippen LogP contribution in [-0.4, -0.2) is 15.8 Å². The smallest absolute Gasteiger partial charge is 0.185 e. The summed E-state index contributed by atoms with van der Waals surface area (Å²) in [7, 11) is 0. The zero-order chi connectivity index (χ0) is 18.6. The van der Waals surface area contributed by atoms with Crippen LogP contribution in [0.5, 0.6) is 0 Å². The molecule has 0 bridgehead atoms. The van der Waals surface area contributed by atoms with Crippen LogP contribution in [-0.2, 0) is 0 Å². The fraction of sp³-hybridized carbons (Fsp3) is 0. The normalized spacial score (nSPS) is 11.1. The van der Waals surface area contributed by atoms with Crippen LogP contribution in [0.15, 0.2) is 85.2 Å². The molecule has 0 atom stereocenters. The second kappa shape index (κ2) is 7.52. The van der Waals surface area contributed by atoms with Crippen LogP contribution in [0.3, 0.4) is 0 Å². The van der Waals surface area contributed by atoms with Crippen molar-refractivity contribution in [3.63, 3.8) is 0 Å². The van der Waals surface area contributed by atoms with Gasteiger partial charge in [0.1, 0.15) is 0 Å². The molecule has 1 heterocycles. The monoisotopic (exact) mass is 370 g/mol. The van der Waals surface area contributed by atoms with E-state index in [0.29, 0.717) is 10.6 Å². The Hall–Kier alpha value is -3.30. The Morgan fingerprint density at radius 3 is 2.37 bits per heavy atom. The quantitative estimate of drug-likeness (QED) is 0.334. The number of carbonyl (C=O) groups is 1. The van der Waals surface area contributed by atoms with Crippen molar-refractivity contribution in [1.82, 2.24) is 9.97 Å². The largest absolute Gasteiger partial charge is 0.289 e. The molecular weight excluding hydrogens is 356 g/mol. The summed E-state index contributed by atoms with van der Waals surface area (Å²) in [4.78, 5) is 21.0. The van der Waals surface area contributed by atoms with Crippen molar-refractivity contribution in [1.29, 1.82) is 0 Å². The van der Waals surface area contributed by atoms with Crippen LogP contribution in [0, 0.1) is 0 Å². The summed E-state index contributed by atoms with van der Waals surface area (Å²) < 4.78 is 0. The molecule has 0 aliphatic carbocycles. The number of hydrogen-bond acceptors (Lipinski definition) is 3. The number of nitrogens with zero attached hydrogens (tertiary/aromatic N) is 2. The number of halogens is 1. The molecule has 0 saturated carbocycles. The molecule has 4 rings (SSSR count). The lowest BCUT2D eigenvalue weighted by Crippen LogP contribution is -1.94. The van der Waals surface area contributed by atoms with Crippen LogP contribution < -0.4 is 0 Å². The van der Waals surface area contributed by atoms with Gasteiger partial charge >= 0.3 is 0 Å². The summed E-state index contributed by atoms with van der Waals surface area (Å²) in [5.41, 5.74) is 5.10. The SMILES string of the molecule is O=C(/C=C/c1ccc2nccnc2c1)c1ccc(-c2ccccc2Cl)cc1. The Balaban J connectivity index is 1.53. The molecule has 0 N–H and O–H groups in total. The van der Waals surface area contributed by atoms with Gasteiger partial charge in [0.15, 0.2) is 5.78 Å². The average Bonchev–Trinajstić information content (AvgIpc) is 2.72. The predicted molar refractivity (Wildman–Crippen MR) is 110 cm³/mol. The van der Waals surface area contributed by atoms with Gasteiger partial charge in [-0.2, -0.15) is 0 Å². The molecule has 0 unspecified atom stereocenters. The van der Waals surface area contributed by atoms with Gasteiger partial charge in [-0.05, 0) is 35.4 Å². The summed E-state index contributed by atoms with van der Waals surface area (Å²) in [6.45, 7) is 0. The lowest BCUT2D eigenvalue weighted by molar-refractivity contribution is 0.104. The van der Waals surface area contributed by atoms with E-state index < -0.39 is 0 Å². The van der Waals surface area contributed by atoms with Crippen LogP contribution in [0.25, 0.3) is 28.2 Å². The molecule has 0 saturated heterocycles. The van der Waals surface area contributed by atoms with Gasteiger partial charge in [0.25, 0.3) is 0 Å². The molecule has 27 heavy (non-hydrogen) atoms. The highest BCUT2D eigenvalue weighted by atomic mass is 35.5. The molecule has 3 nitrogen and oxygen atoms in total. The summed E-state index contributed by atoms with van der Waals surface area (Å²) in [6.07, 6.45) is 6.68. The Bertz CT molecular complexity index is 1150. The molecule has 3 aromatic carbocycles. The number of benzene rings is 3. The first-order valence-corrected chi connectivity index (χ1v) is 8.87. The van der Waals surface area contributed by atoms with E-state index in [4.69, 9.17) is 11.6 Å². The second-order valence-electron chi connectivity index (χ2n) is 6.06. The van der Waals surface area contributed by atoms with E-state index in [1.807, 2.05) is 66.7 Å². The molecule has 1 aromatic heterocycles. The zero-order valence-corrected chi connectivity index (χ0v) is 15.1. The van der Waals surface area contributed by atoms with E-state index in [1.165, 1.54) is 0 Å². The maximum Gasteiger partial charge on any atom is 0.185 e. The van der Waals surface area contributed by atoms with Gasteiger partial charge in [-0.3, -0.25) is 14.8 Å². The number of carbonyl (C=O) groups excluding carboxylic acids is 1. The number of allylic oxidation sites excluding steroid dienone is 1. The second-order valence-corrected chi connectivity index (χ2v) is 6.47. The van der Waals surface area contributed by atoms with E-state index in [0.717, 1.165) is 27.7 Å². The number of ketones is 1. The summed E-state index contributed by atoms with van der Waals surface area (Å²) in [5.74, 6) is -0.0556. The van der Waals surface area contributed by atoms with E-state index in [2.05, 4.69) is 9.97 Å². The van der Waals surface area contributed by atoms with Gasteiger partial charge in [-0.25, -0.2) is 0 Å². The Morgan fingerprint density at radius 1 is 0.852 bits per heavy atom. The number of fused-ring (bicyclic) bond motifs is 1. The van der Waals surface area contributed by atoms with Crippen molar-refractivity contribution < 1.29 is 4.79 Å². The van der Waals surface area contributed by atoms with Crippen LogP contribution >= 0.6 is 11.6 Å². The number of hydrogen-bond donors (Lipinski definition) is 0. The highest BCUT2D eigenvalue weighted by Crippen LogP contribution is 2.27. The Labute approximate surface area is 162 Å². The molecule has 0 fully saturated rings. The molecule has 130 valence electrons. The average molecular weight is 371 g/mol. The minimum Gasteiger partial charge on any atom is -0.289 e. The third-order valence-corrected chi connectivity index (χ3v) is 4.60. The highest BCUT2D eigenvalue weighted by molar-refractivity contribution is 6.33. The van der Waals surface area contributed by atoms with Gasteiger partial charge in [-0.1, -0.05) is 66.2 Å². The standard InChI is InChI=1S/C23H15ClN2O/c24-20-4-2-1-3-19(20)17-7-9-18(10-8-17)23(27)12-6-16-5-11-21-22(15-16)26-14-13-25-21/h1-15H/b12-6+. The van der Waals surface area contributed by atoms with Crippen molar-refractivity contribution >= 4 is 34.5 Å². The molecule has 0 aliphatic heterocycles. The van der Waals surface area contributed by atoms with Crippen molar-refractivity contribution in [3.05, 3.63) is 101 Å². The highest BCUT2D eigenvalue weighted by Gasteiger charge is 2.05. The van der Waals surface area contributed by atoms with E-state index >= 15 is 0 Å². The van der Waals surface area contributed by atoms with Crippen LogP contribution in [0.1, 0.15) is 15.9 Å². The van der Waals surface area contributed by atoms with Gasteiger partial charge in [0.05, 0.1) is 11.0 Å². The first kappa shape index (κ1) is 17.1. The molecule has 4 aromatic rings. The zero-order valence-electron chi connectivity index (χ0n) is 14.3. The minimum absolute atomic E-state index is 0.0556. The van der Waals surface area contributed by atoms with E-state index in [-0.39, 0.29) is 5.78 Å². The predicted octanol–water partition coefficient (Wildman–Crippen LogP) is 5.85. The fourth-order valence-electron chi connectivity index (χ4n) is 2.86.